The molecule has 1 aromatic carbocycles. The molecule has 0 amide bonds. The van der Waals surface area contributed by atoms with E-state index < -0.39 is 0 Å². The molecule has 2 N–H and O–H groups in total. The number of halogens is 1. The molecule has 0 bridgehead atoms. The topological polar surface area (TPSA) is 53.1 Å². The molecule has 0 unspecified atom stereocenters. The normalized spacial score (nSPS) is 11.2. The molecule has 0 saturated heterocycles. The number of hydrogen-bond donors (Lipinski definition) is 1. The minimum absolute atomic E-state index is 0.483. The number of fused-ring (bicyclic) bond motifs is 1. The number of nitrogens with zero attached hydrogens (tertiary/aromatic N) is 2. The van der Waals surface area contributed by atoms with Gasteiger partial charge in [-0.15, -0.1) is 0 Å². The fourth-order valence-corrected chi connectivity index (χ4v) is 2.03. The first-order chi connectivity index (χ1) is 8.26. The standard InChI is InChI=1S/C12H16ClN3O/c1-2-16-11-4-3-9(13)7-10(11)15-12(16)8-17-6-5-14/h3-4,7H,2,5-6,8,14H2,1H3. The van der Waals surface area contributed by atoms with Crippen LogP contribution in [0.3, 0.4) is 0 Å². The molecule has 1 aromatic heterocycles. The average Bonchev–Trinajstić information content (AvgIpc) is 2.66. The van der Waals surface area contributed by atoms with E-state index in [0.29, 0.717) is 24.8 Å². The number of rotatable bonds is 5. The highest BCUT2D eigenvalue weighted by Crippen LogP contribution is 2.20. The number of hydrogen-bond acceptors (Lipinski definition) is 3. The van der Waals surface area contributed by atoms with Crippen LogP contribution in [-0.2, 0) is 17.9 Å². The van der Waals surface area contributed by atoms with Crippen LogP contribution in [0.2, 0.25) is 5.02 Å². The molecule has 2 aromatic rings. The molecule has 0 aliphatic rings. The lowest BCUT2D eigenvalue weighted by Crippen LogP contribution is -2.10. The Morgan fingerprint density at radius 2 is 2.29 bits per heavy atom. The van der Waals surface area contributed by atoms with Crippen LogP contribution in [0.25, 0.3) is 11.0 Å². The summed E-state index contributed by atoms with van der Waals surface area (Å²) in [5, 5.41) is 0.702. The molecule has 0 saturated carbocycles. The van der Waals surface area contributed by atoms with E-state index in [9.17, 15) is 0 Å². The number of ether oxygens (including phenoxy) is 1. The molecule has 0 fully saturated rings. The highest BCUT2D eigenvalue weighted by atomic mass is 35.5. The van der Waals surface area contributed by atoms with Crippen molar-refractivity contribution in [2.75, 3.05) is 13.2 Å². The van der Waals surface area contributed by atoms with Gasteiger partial charge < -0.3 is 15.0 Å². The molecule has 0 radical (unpaired) electrons. The van der Waals surface area contributed by atoms with E-state index in [1.807, 2.05) is 18.2 Å². The Morgan fingerprint density at radius 3 is 3.00 bits per heavy atom. The van der Waals surface area contributed by atoms with Crippen LogP contribution >= 0.6 is 11.6 Å². The molecule has 0 aliphatic carbocycles. The van der Waals surface area contributed by atoms with Crippen LogP contribution in [-0.4, -0.2) is 22.7 Å². The van der Waals surface area contributed by atoms with Crippen molar-refractivity contribution in [1.82, 2.24) is 9.55 Å². The summed E-state index contributed by atoms with van der Waals surface area (Å²) in [5.41, 5.74) is 7.38. The van der Waals surface area contributed by atoms with Gasteiger partial charge in [0.2, 0.25) is 0 Å². The van der Waals surface area contributed by atoms with Gasteiger partial charge in [0, 0.05) is 18.1 Å². The van der Waals surface area contributed by atoms with Gasteiger partial charge in [-0.25, -0.2) is 4.98 Å². The van der Waals surface area contributed by atoms with Gasteiger partial charge in [-0.2, -0.15) is 0 Å². The van der Waals surface area contributed by atoms with Gasteiger partial charge in [-0.05, 0) is 25.1 Å². The number of nitrogens with two attached hydrogens (primary N) is 1. The molecule has 0 spiro atoms. The molecule has 92 valence electrons. The summed E-state index contributed by atoms with van der Waals surface area (Å²) in [6.45, 7) is 4.50. The van der Waals surface area contributed by atoms with Crippen LogP contribution in [0.5, 0.6) is 0 Å². The van der Waals surface area contributed by atoms with Gasteiger partial charge in [-0.1, -0.05) is 11.6 Å². The molecular formula is C12H16ClN3O. The first-order valence-electron chi connectivity index (χ1n) is 5.68. The third-order valence-electron chi connectivity index (χ3n) is 2.60. The molecule has 2 rings (SSSR count). The highest BCUT2D eigenvalue weighted by Gasteiger charge is 2.09. The van der Waals surface area contributed by atoms with Gasteiger partial charge in [0.1, 0.15) is 12.4 Å². The van der Waals surface area contributed by atoms with Crippen LogP contribution in [0.15, 0.2) is 18.2 Å². The first-order valence-corrected chi connectivity index (χ1v) is 6.06. The zero-order valence-electron chi connectivity index (χ0n) is 9.82. The van der Waals surface area contributed by atoms with Gasteiger partial charge in [0.15, 0.2) is 0 Å². The molecule has 5 heteroatoms. The van der Waals surface area contributed by atoms with Crippen molar-refractivity contribution in [3.05, 3.63) is 29.0 Å². The van der Waals surface area contributed by atoms with Gasteiger partial charge in [0.05, 0.1) is 17.6 Å². The second-order valence-corrected chi connectivity index (χ2v) is 4.18. The number of benzene rings is 1. The summed E-state index contributed by atoms with van der Waals surface area (Å²) in [6, 6.07) is 5.73. The minimum atomic E-state index is 0.483. The number of aromatic nitrogens is 2. The molecule has 0 aliphatic heterocycles. The SMILES string of the molecule is CCn1c(COCCN)nc2cc(Cl)ccc21. The Morgan fingerprint density at radius 1 is 1.47 bits per heavy atom. The second kappa shape index (κ2) is 5.49. The predicted molar refractivity (Wildman–Crippen MR) is 69.1 cm³/mol. The molecule has 17 heavy (non-hydrogen) atoms. The summed E-state index contributed by atoms with van der Waals surface area (Å²) in [7, 11) is 0. The third-order valence-corrected chi connectivity index (χ3v) is 2.83. The van der Waals surface area contributed by atoms with E-state index in [-0.39, 0.29) is 0 Å². The lowest BCUT2D eigenvalue weighted by Gasteiger charge is -2.06. The van der Waals surface area contributed by atoms with Crippen molar-refractivity contribution in [2.24, 2.45) is 5.73 Å². The zero-order valence-corrected chi connectivity index (χ0v) is 10.6. The summed E-state index contributed by atoms with van der Waals surface area (Å²) in [4.78, 5) is 4.53. The van der Waals surface area contributed by atoms with Crippen molar-refractivity contribution in [3.63, 3.8) is 0 Å². The Labute approximate surface area is 105 Å². The van der Waals surface area contributed by atoms with Crippen molar-refractivity contribution >= 4 is 22.6 Å². The van der Waals surface area contributed by atoms with Crippen LogP contribution in [0, 0.1) is 0 Å². The summed E-state index contributed by atoms with van der Waals surface area (Å²) in [5.74, 6) is 0.915. The molecule has 4 nitrogen and oxygen atoms in total. The monoisotopic (exact) mass is 253 g/mol. The maximum absolute atomic E-state index is 5.95. The Balaban J connectivity index is 2.34. The number of imidazole rings is 1. The van der Waals surface area contributed by atoms with Gasteiger partial charge in [0.25, 0.3) is 0 Å². The van der Waals surface area contributed by atoms with Gasteiger partial charge in [-0.3, -0.25) is 0 Å². The van der Waals surface area contributed by atoms with Crippen molar-refractivity contribution in [1.29, 1.82) is 0 Å². The predicted octanol–water partition coefficient (Wildman–Crippen LogP) is 2.18. The smallest absolute Gasteiger partial charge is 0.135 e. The van der Waals surface area contributed by atoms with E-state index in [4.69, 9.17) is 22.1 Å². The van der Waals surface area contributed by atoms with E-state index in [1.165, 1.54) is 0 Å². The van der Waals surface area contributed by atoms with E-state index in [0.717, 1.165) is 23.4 Å². The van der Waals surface area contributed by atoms with E-state index in [2.05, 4.69) is 16.5 Å². The Kier molecular flexibility index (Phi) is 3.99. The quantitative estimate of drug-likeness (QED) is 0.831. The molecular weight excluding hydrogens is 238 g/mol. The maximum atomic E-state index is 5.95. The molecule has 0 atom stereocenters. The average molecular weight is 254 g/mol. The minimum Gasteiger partial charge on any atom is -0.372 e. The van der Waals surface area contributed by atoms with Crippen molar-refractivity contribution < 1.29 is 4.74 Å². The number of aryl methyl sites for hydroxylation is 1. The summed E-state index contributed by atoms with van der Waals surface area (Å²) in [6.07, 6.45) is 0. The lowest BCUT2D eigenvalue weighted by atomic mass is 10.3. The maximum Gasteiger partial charge on any atom is 0.135 e. The zero-order chi connectivity index (χ0) is 12.3. The first kappa shape index (κ1) is 12.4. The fraction of sp³-hybridized carbons (Fsp3) is 0.417. The van der Waals surface area contributed by atoms with Crippen LogP contribution < -0.4 is 5.73 Å². The van der Waals surface area contributed by atoms with Crippen molar-refractivity contribution in [3.8, 4) is 0 Å². The van der Waals surface area contributed by atoms with Crippen LogP contribution in [0.1, 0.15) is 12.7 Å². The highest BCUT2D eigenvalue weighted by molar-refractivity contribution is 6.31. The van der Waals surface area contributed by atoms with Gasteiger partial charge >= 0.3 is 0 Å². The Bertz CT molecular complexity index is 510. The third kappa shape index (κ3) is 2.60. The molecule has 1 heterocycles. The Hall–Kier alpha value is -1.10. The van der Waals surface area contributed by atoms with Crippen LogP contribution in [0.4, 0.5) is 0 Å². The summed E-state index contributed by atoms with van der Waals surface area (Å²) < 4.78 is 7.56. The van der Waals surface area contributed by atoms with E-state index in [1.54, 1.807) is 0 Å². The largest absolute Gasteiger partial charge is 0.372 e. The van der Waals surface area contributed by atoms with E-state index >= 15 is 0 Å². The van der Waals surface area contributed by atoms with Crippen molar-refractivity contribution in [2.45, 2.75) is 20.1 Å². The summed E-state index contributed by atoms with van der Waals surface area (Å²) >= 11 is 5.95. The fourth-order valence-electron chi connectivity index (χ4n) is 1.86. The second-order valence-electron chi connectivity index (χ2n) is 3.75. The lowest BCUT2D eigenvalue weighted by molar-refractivity contribution is 0.120.